The van der Waals surface area contributed by atoms with E-state index in [9.17, 15) is 9.59 Å². The quantitative estimate of drug-likeness (QED) is 0.201. The van der Waals surface area contributed by atoms with Gasteiger partial charge in [0.2, 0.25) is 5.60 Å². The van der Waals surface area contributed by atoms with Gasteiger partial charge in [-0.2, -0.15) is 0 Å². The van der Waals surface area contributed by atoms with Gasteiger partial charge in [-0.3, -0.25) is 0 Å². The van der Waals surface area contributed by atoms with Gasteiger partial charge in [-0.1, -0.05) is 50.7 Å². The summed E-state index contributed by atoms with van der Waals surface area (Å²) in [5.74, 6) is -0.767. The molecule has 148 valence electrons. The zero-order chi connectivity index (χ0) is 19.1. The fourth-order valence-corrected chi connectivity index (χ4v) is 3.44. The molecule has 0 atom stereocenters. The van der Waals surface area contributed by atoms with Crippen LogP contribution in [0.15, 0.2) is 25.3 Å². The van der Waals surface area contributed by atoms with Crippen LogP contribution in [0.1, 0.15) is 89.9 Å². The monoisotopic (exact) mass is 364 g/mol. The third kappa shape index (κ3) is 8.68. The number of carbonyl (C=O) groups is 2. The maximum atomic E-state index is 12.4. The number of esters is 2. The highest BCUT2D eigenvalue weighted by molar-refractivity contribution is 5.88. The molecule has 0 amide bonds. The first-order valence-corrected chi connectivity index (χ1v) is 10.3. The van der Waals surface area contributed by atoms with Gasteiger partial charge in [0.15, 0.2) is 6.61 Å². The van der Waals surface area contributed by atoms with Crippen LogP contribution in [0.25, 0.3) is 0 Å². The van der Waals surface area contributed by atoms with Gasteiger partial charge in [-0.25, -0.2) is 9.59 Å². The lowest BCUT2D eigenvalue weighted by molar-refractivity contribution is -0.203. The summed E-state index contributed by atoms with van der Waals surface area (Å²) in [4.78, 5) is 24.1. The maximum Gasteiger partial charge on any atom is 0.351 e. The first-order valence-electron chi connectivity index (χ1n) is 10.3. The van der Waals surface area contributed by atoms with Crippen molar-refractivity contribution in [3.63, 3.8) is 0 Å². The van der Waals surface area contributed by atoms with E-state index in [0.717, 1.165) is 64.2 Å². The highest BCUT2D eigenvalue weighted by Gasteiger charge is 2.46. The Morgan fingerprint density at radius 3 is 1.73 bits per heavy atom. The smallest absolute Gasteiger partial charge is 0.351 e. The summed E-state index contributed by atoms with van der Waals surface area (Å²) in [7, 11) is 0. The molecule has 1 fully saturated rings. The maximum absolute atomic E-state index is 12.4. The molecule has 0 saturated carbocycles. The Morgan fingerprint density at radius 1 is 0.769 bits per heavy atom. The van der Waals surface area contributed by atoms with E-state index in [1.807, 2.05) is 12.2 Å². The van der Waals surface area contributed by atoms with Crippen molar-refractivity contribution in [3.8, 4) is 0 Å². The van der Waals surface area contributed by atoms with E-state index >= 15 is 0 Å². The molecule has 1 heterocycles. The first-order chi connectivity index (χ1) is 12.6. The van der Waals surface area contributed by atoms with Crippen molar-refractivity contribution >= 4 is 11.9 Å². The number of cyclic esters (lactones) is 2. The zero-order valence-corrected chi connectivity index (χ0v) is 16.3. The van der Waals surface area contributed by atoms with Crippen LogP contribution in [-0.4, -0.2) is 24.1 Å². The summed E-state index contributed by atoms with van der Waals surface area (Å²) >= 11 is 0. The van der Waals surface area contributed by atoms with Crippen LogP contribution in [0.4, 0.5) is 0 Å². The topological polar surface area (TPSA) is 52.6 Å². The molecular weight excluding hydrogens is 328 g/mol. The van der Waals surface area contributed by atoms with E-state index in [1.54, 1.807) is 0 Å². The van der Waals surface area contributed by atoms with Gasteiger partial charge in [-0.15, -0.1) is 13.2 Å². The fraction of sp³-hybridized carbons (Fsp3) is 0.727. The average molecular weight is 365 g/mol. The molecule has 4 heteroatoms. The average Bonchev–Trinajstić information content (AvgIpc) is 2.63. The zero-order valence-electron chi connectivity index (χ0n) is 16.3. The Balaban J connectivity index is 2.37. The fourth-order valence-electron chi connectivity index (χ4n) is 3.44. The van der Waals surface area contributed by atoms with Gasteiger partial charge >= 0.3 is 11.9 Å². The lowest BCUT2D eigenvalue weighted by Gasteiger charge is -2.34. The second kappa shape index (κ2) is 13.6. The number of carbonyl (C=O) groups excluding carboxylic acids is 2. The standard InChI is InChI=1S/C22H36O4/c1-3-5-7-9-11-13-15-17-22(21(24)25-19-20(23)26-22)18-16-14-12-10-8-6-4-2/h3-4H,1-2,5-19H2. The first kappa shape index (κ1) is 22.5. The molecule has 0 N–H and O–H groups in total. The Hall–Kier alpha value is -1.58. The Labute approximate surface area is 159 Å². The number of rotatable bonds is 16. The summed E-state index contributed by atoms with van der Waals surface area (Å²) in [6, 6.07) is 0. The molecule has 0 aromatic heterocycles. The number of hydrogen-bond acceptors (Lipinski definition) is 4. The van der Waals surface area contributed by atoms with Crippen molar-refractivity contribution in [1.29, 1.82) is 0 Å². The summed E-state index contributed by atoms with van der Waals surface area (Å²) in [5, 5.41) is 0. The molecular formula is C22H36O4. The molecule has 1 rings (SSSR count). The second-order valence-electron chi connectivity index (χ2n) is 7.23. The number of unbranched alkanes of at least 4 members (excludes halogenated alkanes) is 10. The summed E-state index contributed by atoms with van der Waals surface area (Å²) < 4.78 is 10.6. The lowest BCUT2D eigenvalue weighted by atomic mass is 9.88. The van der Waals surface area contributed by atoms with Crippen LogP contribution in [0.3, 0.4) is 0 Å². The highest BCUT2D eigenvalue weighted by atomic mass is 16.6. The van der Waals surface area contributed by atoms with Crippen molar-refractivity contribution in [2.45, 2.75) is 95.5 Å². The summed E-state index contributed by atoms with van der Waals surface area (Å²) in [5.41, 5.74) is -1.04. The van der Waals surface area contributed by atoms with Gasteiger partial charge in [0, 0.05) is 0 Å². The van der Waals surface area contributed by atoms with E-state index in [-0.39, 0.29) is 12.6 Å². The molecule has 0 radical (unpaired) electrons. The number of ether oxygens (including phenoxy) is 2. The van der Waals surface area contributed by atoms with Gasteiger partial charge < -0.3 is 9.47 Å². The van der Waals surface area contributed by atoms with Gasteiger partial charge in [0.1, 0.15) is 0 Å². The minimum Gasteiger partial charge on any atom is -0.451 e. The third-order valence-electron chi connectivity index (χ3n) is 4.98. The Kier molecular flexibility index (Phi) is 11.7. The normalized spacial score (nSPS) is 16.0. The van der Waals surface area contributed by atoms with Gasteiger partial charge in [-0.05, 0) is 51.4 Å². The molecule has 0 bridgehead atoms. The van der Waals surface area contributed by atoms with Crippen molar-refractivity contribution < 1.29 is 19.1 Å². The number of allylic oxidation sites excluding steroid dienone is 2. The molecule has 1 aliphatic rings. The second-order valence-corrected chi connectivity index (χ2v) is 7.23. The summed E-state index contributed by atoms with van der Waals surface area (Å²) in [6.45, 7) is 7.22. The largest absolute Gasteiger partial charge is 0.451 e. The molecule has 0 aromatic carbocycles. The van der Waals surface area contributed by atoms with Crippen molar-refractivity contribution in [2.75, 3.05) is 6.61 Å². The van der Waals surface area contributed by atoms with Gasteiger partial charge in [0.05, 0.1) is 0 Å². The Morgan fingerprint density at radius 2 is 1.23 bits per heavy atom. The Bertz CT molecular complexity index is 419. The van der Waals surface area contributed by atoms with E-state index in [1.165, 1.54) is 12.8 Å². The number of hydrogen-bond donors (Lipinski definition) is 0. The van der Waals surface area contributed by atoms with Crippen LogP contribution in [0.5, 0.6) is 0 Å². The van der Waals surface area contributed by atoms with E-state index in [4.69, 9.17) is 9.47 Å². The SMILES string of the molecule is C=CCCCCCCCC1(CCCCCCCC=C)OC(=O)COC1=O. The van der Waals surface area contributed by atoms with Crippen LogP contribution in [-0.2, 0) is 19.1 Å². The van der Waals surface area contributed by atoms with Crippen LogP contribution in [0.2, 0.25) is 0 Å². The van der Waals surface area contributed by atoms with Crippen LogP contribution >= 0.6 is 0 Å². The molecule has 1 saturated heterocycles. The molecule has 0 unspecified atom stereocenters. The molecule has 0 spiro atoms. The predicted molar refractivity (Wildman–Crippen MR) is 105 cm³/mol. The molecule has 26 heavy (non-hydrogen) atoms. The van der Waals surface area contributed by atoms with Crippen LogP contribution in [0, 0.1) is 0 Å². The molecule has 0 aliphatic carbocycles. The molecule has 4 nitrogen and oxygen atoms in total. The van der Waals surface area contributed by atoms with E-state index in [2.05, 4.69) is 13.2 Å². The van der Waals surface area contributed by atoms with Crippen LogP contribution < -0.4 is 0 Å². The van der Waals surface area contributed by atoms with Crippen molar-refractivity contribution in [1.82, 2.24) is 0 Å². The lowest BCUT2D eigenvalue weighted by Crippen LogP contribution is -2.50. The summed E-state index contributed by atoms with van der Waals surface area (Å²) in [6.07, 6.45) is 18.0. The minimum atomic E-state index is -1.04. The third-order valence-corrected chi connectivity index (χ3v) is 4.98. The highest BCUT2D eigenvalue weighted by Crippen LogP contribution is 2.31. The predicted octanol–water partition coefficient (Wildman–Crippen LogP) is 5.66. The van der Waals surface area contributed by atoms with Crippen molar-refractivity contribution in [3.05, 3.63) is 25.3 Å². The van der Waals surface area contributed by atoms with E-state index in [0.29, 0.717) is 12.8 Å². The van der Waals surface area contributed by atoms with Gasteiger partial charge in [0.25, 0.3) is 0 Å². The minimum absolute atomic E-state index is 0.246. The van der Waals surface area contributed by atoms with E-state index < -0.39 is 11.6 Å². The molecule has 0 aromatic rings. The molecule has 1 aliphatic heterocycles. The van der Waals surface area contributed by atoms with Crippen molar-refractivity contribution in [2.24, 2.45) is 0 Å².